The van der Waals surface area contributed by atoms with E-state index in [0.29, 0.717) is 31.0 Å². The SMILES string of the molecule is CC1CCCN1c1nc(Nc2cc(C(F)(F)F)ccn2)cc(C2CCOCC2)n1. The zero-order chi connectivity index (χ0) is 20.4. The average molecular weight is 407 g/mol. The van der Waals surface area contributed by atoms with Gasteiger partial charge in [0.25, 0.3) is 0 Å². The standard InChI is InChI=1S/C20H24F3N5O/c1-13-3-2-8-28(13)19-25-16(14-5-9-29-10-6-14)12-18(27-19)26-17-11-15(4-7-24-17)20(21,22)23/h4,7,11-14H,2-3,5-6,8-10H2,1H3,(H,24,25,26,27). The van der Waals surface area contributed by atoms with Crippen LogP contribution in [0, 0.1) is 0 Å². The Bertz CT molecular complexity index is 854. The third kappa shape index (κ3) is 4.60. The summed E-state index contributed by atoms with van der Waals surface area (Å²) in [6, 6.07) is 4.10. The van der Waals surface area contributed by atoms with E-state index in [1.165, 1.54) is 0 Å². The number of ether oxygens (including phenoxy) is 1. The van der Waals surface area contributed by atoms with E-state index in [1.54, 1.807) is 0 Å². The minimum Gasteiger partial charge on any atom is -0.381 e. The Labute approximate surface area is 167 Å². The highest BCUT2D eigenvalue weighted by molar-refractivity contribution is 5.55. The molecule has 2 aromatic heterocycles. The van der Waals surface area contributed by atoms with Gasteiger partial charge in [-0.2, -0.15) is 18.2 Å². The van der Waals surface area contributed by atoms with Gasteiger partial charge < -0.3 is 15.0 Å². The van der Waals surface area contributed by atoms with Crippen LogP contribution in [-0.2, 0) is 10.9 Å². The maximum absolute atomic E-state index is 13.0. The van der Waals surface area contributed by atoms with E-state index in [4.69, 9.17) is 9.72 Å². The number of rotatable bonds is 4. The normalized spacial score (nSPS) is 20.8. The summed E-state index contributed by atoms with van der Waals surface area (Å²) in [6.45, 7) is 4.38. The Morgan fingerprint density at radius 1 is 1.10 bits per heavy atom. The van der Waals surface area contributed by atoms with E-state index in [-0.39, 0.29) is 11.7 Å². The summed E-state index contributed by atoms with van der Waals surface area (Å²) in [5.74, 6) is 1.44. The fourth-order valence-electron chi connectivity index (χ4n) is 3.88. The van der Waals surface area contributed by atoms with Crippen LogP contribution in [0.1, 0.15) is 49.8 Å². The highest BCUT2D eigenvalue weighted by atomic mass is 19.4. The van der Waals surface area contributed by atoms with Crippen molar-refractivity contribution < 1.29 is 17.9 Å². The second-order valence-electron chi connectivity index (χ2n) is 7.60. The lowest BCUT2D eigenvalue weighted by molar-refractivity contribution is -0.137. The Kier molecular flexibility index (Phi) is 5.58. The molecule has 2 aromatic rings. The molecular formula is C20H24F3N5O. The molecular weight excluding hydrogens is 383 g/mol. The minimum absolute atomic E-state index is 0.108. The number of alkyl halides is 3. The first-order chi connectivity index (χ1) is 13.9. The quantitative estimate of drug-likeness (QED) is 0.804. The van der Waals surface area contributed by atoms with Crippen LogP contribution < -0.4 is 10.2 Å². The van der Waals surface area contributed by atoms with Crippen molar-refractivity contribution in [3.8, 4) is 0 Å². The second-order valence-corrected chi connectivity index (χ2v) is 7.60. The summed E-state index contributed by atoms with van der Waals surface area (Å²) >= 11 is 0. The molecule has 1 N–H and O–H groups in total. The summed E-state index contributed by atoms with van der Waals surface area (Å²) in [5.41, 5.74) is 0.147. The smallest absolute Gasteiger partial charge is 0.381 e. The van der Waals surface area contributed by atoms with Crippen LogP contribution in [0.5, 0.6) is 0 Å². The van der Waals surface area contributed by atoms with Gasteiger partial charge in [0, 0.05) is 44.0 Å². The lowest BCUT2D eigenvalue weighted by atomic mass is 9.96. The summed E-state index contributed by atoms with van der Waals surface area (Å²) < 4.78 is 44.5. The molecule has 156 valence electrons. The molecule has 0 aliphatic carbocycles. The van der Waals surface area contributed by atoms with Gasteiger partial charge in [-0.3, -0.25) is 0 Å². The van der Waals surface area contributed by atoms with Gasteiger partial charge in [-0.15, -0.1) is 0 Å². The number of halogens is 3. The molecule has 4 heterocycles. The van der Waals surface area contributed by atoms with Crippen molar-refractivity contribution in [2.75, 3.05) is 30.0 Å². The number of anilines is 3. The number of hydrogen-bond donors (Lipinski definition) is 1. The lowest BCUT2D eigenvalue weighted by Gasteiger charge is -2.26. The molecule has 1 atom stereocenters. The fraction of sp³-hybridized carbons (Fsp3) is 0.550. The summed E-state index contributed by atoms with van der Waals surface area (Å²) in [5, 5.41) is 2.95. The Balaban J connectivity index is 1.66. The van der Waals surface area contributed by atoms with Gasteiger partial charge >= 0.3 is 6.18 Å². The van der Waals surface area contributed by atoms with Crippen molar-refractivity contribution in [3.63, 3.8) is 0 Å². The van der Waals surface area contributed by atoms with Crippen LogP contribution in [-0.4, -0.2) is 40.8 Å². The van der Waals surface area contributed by atoms with E-state index < -0.39 is 11.7 Å². The molecule has 6 nitrogen and oxygen atoms in total. The Morgan fingerprint density at radius 2 is 1.90 bits per heavy atom. The highest BCUT2D eigenvalue weighted by Crippen LogP contribution is 2.33. The van der Waals surface area contributed by atoms with Gasteiger partial charge in [-0.25, -0.2) is 9.97 Å². The molecule has 4 rings (SSSR count). The number of nitrogens with one attached hydrogen (secondary N) is 1. The van der Waals surface area contributed by atoms with Gasteiger partial charge in [0.2, 0.25) is 5.95 Å². The topological polar surface area (TPSA) is 63.2 Å². The van der Waals surface area contributed by atoms with Crippen molar-refractivity contribution >= 4 is 17.6 Å². The first-order valence-electron chi connectivity index (χ1n) is 9.94. The van der Waals surface area contributed by atoms with Crippen LogP contribution in [0.4, 0.5) is 30.8 Å². The molecule has 1 unspecified atom stereocenters. The molecule has 0 aromatic carbocycles. The van der Waals surface area contributed by atoms with Gasteiger partial charge in [-0.1, -0.05) is 0 Å². The molecule has 29 heavy (non-hydrogen) atoms. The zero-order valence-corrected chi connectivity index (χ0v) is 16.2. The molecule has 0 saturated carbocycles. The molecule has 0 radical (unpaired) electrons. The third-order valence-electron chi connectivity index (χ3n) is 5.53. The maximum atomic E-state index is 13.0. The summed E-state index contributed by atoms with van der Waals surface area (Å²) in [6.07, 6.45) is 0.608. The van der Waals surface area contributed by atoms with Gasteiger partial charge in [0.05, 0.1) is 11.3 Å². The first-order valence-corrected chi connectivity index (χ1v) is 9.94. The maximum Gasteiger partial charge on any atom is 0.416 e. The molecule has 0 amide bonds. The van der Waals surface area contributed by atoms with Crippen molar-refractivity contribution in [2.24, 2.45) is 0 Å². The fourth-order valence-corrected chi connectivity index (χ4v) is 3.88. The monoisotopic (exact) mass is 407 g/mol. The molecule has 9 heteroatoms. The number of aromatic nitrogens is 3. The van der Waals surface area contributed by atoms with Gasteiger partial charge in [0.1, 0.15) is 11.6 Å². The van der Waals surface area contributed by atoms with Crippen LogP contribution in [0.25, 0.3) is 0 Å². The van der Waals surface area contributed by atoms with E-state index in [1.807, 2.05) is 6.07 Å². The van der Waals surface area contributed by atoms with Crippen molar-refractivity contribution in [1.82, 2.24) is 15.0 Å². The predicted molar refractivity (Wildman–Crippen MR) is 103 cm³/mol. The van der Waals surface area contributed by atoms with E-state index in [2.05, 4.69) is 27.1 Å². The number of pyridine rings is 1. The minimum atomic E-state index is -4.42. The van der Waals surface area contributed by atoms with E-state index >= 15 is 0 Å². The number of nitrogens with zero attached hydrogens (tertiary/aromatic N) is 4. The van der Waals surface area contributed by atoms with Crippen LogP contribution in [0.3, 0.4) is 0 Å². The van der Waals surface area contributed by atoms with Crippen LogP contribution in [0.15, 0.2) is 24.4 Å². The lowest BCUT2D eigenvalue weighted by Crippen LogP contribution is -2.29. The average Bonchev–Trinajstić information content (AvgIpc) is 3.14. The molecule has 2 fully saturated rings. The van der Waals surface area contributed by atoms with Crippen LogP contribution in [0.2, 0.25) is 0 Å². The van der Waals surface area contributed by atoms with Crippen LogP contribution >= 0.6 is 0 Å². The molecule has 0 spiro atoms. The number of hydrogen-bond acceptors (Lipinski definition) is 6. The van der Waals surface area contributed by atoms with Gasteiger partial charge in [-0.05, 0) is 44.7 Å². The first kappa shape index (κ1) is 19.9. The molecule has 2 saturated heterocycles. The molecule has 2 aliphatic rings. The summed E-state index contributed by atoms with van der Waals surface area (Å²) in [4.78, 5) is 15.6. The van der Waals surface area contributed by atoms with Crippen molar-refractivity contribution in [1.29, 1.82) is 0 Å². The molecule has 2 aliphatic heterocycles. The van der Waals surface area contributed by atoms with Gasteiger partial charge in [0.15, 0.2) is 0 Å². The Morgan fingerprint density at radius 3 is 2.59 bits per heavy atom. The summed E-state index contributed by atoms with van der Waals surface area (Å²) in [7, 11) is 0. The Hall–Kier alpha value is -2.42. The van der Waals surface area contributed by atoms with Crippen molar-refractivity contribution in [2.45, 2.75) is 50.7 Å². The van der Waals surface area contributed by atoms with E-state index in [9.17, 15) is 13.2 Å². The second kappa shape index (κ2) is 8.14. The van der Waals surface area contributed by atoms with E-state index in [0.717, 1.165) is 56.3 Å². The predicted octanol–water partition coefficient (Wildman–Crippen LogP) is 4.52. The molecule has 0 bridgehead atoms. The van der Waals surface area contributed by atoms with Crippen molar-refractivity contribution in [3.05, 3.63) is 35.7 Å². The highest BCUT2D eigenvalue weighted by Gasteiger charge is 2.31. The third-order valence-corrected chi connectivity index (χ3v) is 5.53. The largest absolute Gasteiger partial charge is 0.416 e. The zero-order valence-electron chi connectivity index (χ0n) is 16.2.